The first-order valence-corrected chi connectivity index (χ1v) is 9.07. The van der Waals surface area contributed by atoms with Crippen molar-refractivity contribution >= 4 is 16.9 Å². The van der Waals surface area contributed by atoms with E-state index in [9.17, 15) is 14.3 Å². The molecule has 1 saturated heterocycles. The minimum Gasteiger partial charge on any atom is -0.506 e. The second-order valence-electron chi connectivity index (χ2n) is 7.34. The van der Waals surface area contributed by atoms with Crippen LogP contribution in [0.2, 0.25) is 0 Å². The van der Waals surface area contributed by atoms with E-state index in [1.54, 1.807) is 40.8 Å². The molecular weight excluding hydrogens is 359 g/mol. The van der Waals surface area contributed by atoms with E-state index in [2.05, 4.69) is 4.98 Å². The molecule has 1 amide bonds. The number of fused-ring (bicyclic) bond motifs is 1. The molecule has 0 bridgehead atoms. The Hall–Kier alpha value is -3.40. The largest absolute Gasteiger partial charge is 0.506 e. The average molecular weight is 378 g/mol. The first kappa shape index (κ1) is 18.0. The summed E-state index contributed by atoms with van der Waals surface area (Å²) in [6.45, 7) is 2.37. The number of halogens is 1. The lowest BCUT2D eigenvalue weighted by atomic mass is 9.95. The van der Waals surface area contributed by atoms with Crippen molar-refractivity contribution in [2.24, 2.45) is 0 Å². The van der Waals surface area contributed by atoms with Crippen molar-refractivity contribution in [1.29, 1.82) is 5.26 Å². The van der Waals surface area contributed by atoms with Crippen molar-refractivity contribution in [3.05, 3.63) is 53.9 Å². The molecule has 2 aromatic heterocycles. The van der Waals surface area contributed by atoms with Crippen LogP contribution in [0, 0.1) is 11.3 Å². The highest BCUT2D eigenvalue weighted by Crippen LogP contribution is 2.28. The summed E-state index contributed by atoms with van der Waals surface area (Å²) in [6, 6.07) is 10.3. The van der Waals surface area contributed by atoms with Crippen LogP contribution in [-0.2, 0) is 0 Å². The van der Waals surface area contributed by atoms with E-state index in [1.807, 2.05) is 12.1 Å². The van der Waals surface area contributed by atoms with E-state index in [0.29, 0.717) is 42.8 Å². The highest BCUT2D eigenvalue weighted by Gasteiger charge is 2.31. The molecule has 1 aliphatic rings. The van der Waals surface area contributed by atoms with Gasteiger partial charge >= 0.3 is 0 Å². The smallest absolute Gasteiger partial charge is 0.255 e. The fraction of sp³-hybridized carbons (Fsp3) is 0.286. The fourth-order valence-corrected chi connectivity index (χ4v) is 3.47. The van der Waals surface area contributed by atoms with E-state index in [-0.39, 0.29) is 17.2 Å². The summed E-state index contributed by atoms with van der Waals surface area (Å²) < 4.78 is 15.7. The standard InChI is InChI=1S/C21H19FN4O2/c1-21(22)5-8-25(9-6-21)20(28)16-10-14-4-7-26(19(14)24-13-16)17-3-2-15(12-23)18(27)11-17/h2-4,7,10-11,13,27H,5-6,8-9H2,1H3. The zero-order valence-corrected chi connectivity index (χ0v) is 15.4. The first-order valence-electron chi connectivity index (χ1n) is 9.07. The molecule has 0 spiro atoms. The predicted molar refractivity (Wildman–Crippen MR) is 102 cm³/mol. The van der Waals surface area contributed by atoms with Gasteiger partial charge in [-0.25, -0.2) is 9.37 Å². The van der Waals surface area contributed by atoms with Gasteiger partial charge in [-0.05, 0) is 44.0 Å². The Morgan fingerprint density at radius 3 is 2.71 bits per heavy atom. The molecule has 0 unspecified atom stereocenters. The van der Waals surface area contributed by atoms with E-state index >= 15 is 0 Å². The van der Waals surface area contributed by atoms with E-state index in [1.165, 1.54) is 12.3 Å². The van der Waals surface area contributed by atoms with Crippen LogP contribution in [0.1, 0.15) is 35.7 Å². The molecule has 0 radical (unpaired) electrons. The van der Waals surface area contributed by atoms with Gasteiger partial charge in [-0.1, -0.05) is 0 Å². The Bertz CT molecular complexity index is 1100. The number of nitriles is 1. The number of carbonyl (C=O) groups is 1. The Balaban J connectivity index is 1.62. The number of pyridine rings is 1. The Morgan fingerprint density at radius 2 is 2.04 bits per heavy atom. The van der Waals surface area contributed by atoms with Crippen molar-refractivity contribution in [2.45, 2.75) is 25.4 Å². The van der Waals surface area contributed by atoms with Crippen molar-refractivity contribution in [1.82, 2.24) is 14.5 Å². The number of likely N-dealkylation sites (tertiary alicyclic amines) is 1. The molecule has 0 atom stereocenters. The number of piperidine rings is 1. The van der Waals surface area contributed by atoms with Gasteiger partial charge in [0.05, 0.1) is 16.8 Å². The summed E-state index contributed by atoms with van der Waals surface area (Å²) in [5.41, 5.74) is 0.761. The molecule has 1 fully saturated rings. The van der Waals surface area contributed by atoms with Gasteiger partial charge in [0, 0.05) is 36.9 Å². The molecule has 0 saturated carbocycles. The SMILES string of the molecule is CC1(F)CCN(C(=O)c2cnc3c(ccn3-c3ccc(C#N)c(O)c3)c2)CC1. The summed E-state index contributed by atoms with van der Waals surface area (Å²) in [4.78, 5) is 18.8. The van der Waals surface area contributed by atoms with Crippen LogP contribution >= 0.6 is 0 Å². The lowest BCUT2D eigenvalue weighted by Crippen LogP contribution is -2.43. The zero-order chi connectivity index (χ0) is 19.9. The quantitative estimate of drug-likeness (QED) is 0.739. The number of hydrogen-bond acceptors (Lipinski definition) is 4. The third-order valence-electron chi connectivity index (χ3n) is 5.25. The minimum absolute atomic E-state index is 0.0985. The third-order valence-corrected chi connectivity index (χ3v) is 5.25. The van der Waals surface area contributed by atoms with Crippen molar-refractivity contribution < 1.29 is 14.3 Å². The van der Waals surface area contributed by atoms with Gasteiger partial charge in [0.25, 0.3) is 5.91 Å². The lowest BCUT2D eigenvalue weighted by Gasteiger charge is -2.34. The number of rotatable bonds is 2. The monoisotopic (exact) mass is 378 g/mol. The normalized spacial score (nSPS) is 16.1. The summed E-state index contributed by atoms with van der Waals surface area (Å²) in [7, 11) is 0. The Kier molecular flexibility index (Phi) is 4.27. The van der Waals surface area contributed by atoms with Crippen LogP contribution in [0.15, 0.2) is 42.7 Å². The highest BCUT2D eigenvalue weighted by atomic mass is 19.1. The number of aromatic nitrogens is 2. The van der Waals surface area contributed by atoms with Crippen LogP contribution in [0.25, 0.3) is 16.7 Å². The van der Waals surface area contributed by atoms with Crippen molar-refractivity contribution in [2.75, 3.05) is 13.1 Å². The number of nitrogens with zero attached hydrogens (tertiary/aromatic N) is 4. The number of hydrogen-bond donors (Lipinski definition) is 1. The van der Waals surface area contributed by atoms with Gasteiger partial charge in [0.1, 0.15) is 23.1 Å². The lowest BCUT2D eigenvalue weighted by molar-refractivity contribution is 0.0504. The summed E-state index contributed by atoms with van der Waals surface area (Å²) >= 11 is 0. The second-order valence-corrected chi connectivity index (χ2v) is 7.34. The van der Waals surface area contributed by atoms with Crippen LogP contribution in [0.4, 0.5) is 4.39 Å². The molecule has 6 nitrogen and oxygen atoms in total. The van der Waals surface area contributed by atoms with Crippen molar-refractivity contribution in [3.63, 3.8) is 0 Å². The third kappa shape index (κ3) is 3.18. The van der Waals surface area contributed by atoms with Gasteiger partial charge in [-0.3, -0.25) is 4.79 Å². The summed E-state index contributed by atoms with van der Waals surface area (Å²) in [5, 5.41) is 19.7. The number of amides is 1. The van der Waals surface area contributed by atoms with Gasteiger partial charge in [0.2, 0.25) is 0 Å². The molecule has 28 heavy (non-hydrogen) atoms. The maximum Gasteiger partial charge on any atom is 0.255 e. The number of alkyl halides is 1. The first-order chi connectivity index (χ1) is 13.4. The molecule has 3 heterocycles. The van der Waals surface area contributed by atoms with E-state index < -0.39 is 5.67 Å². The molecule has 0 aliphatic carbocycles. The molecular formula is C21H19FN4O2. The summed E-state index contributed by atoms with van der Waals surface area (Å²) in [5.74, 6) is -0.243. The molecule has 1 aromatic carbocycles. The maximum absolute atomic E-state index is 14.0. The molecule has 3 aromatic rings. The predicted octanol–water partition coefficient (Wildman–Crippen LogP) is 3.57. The van der Waals surface area contributed by atoms with Crippen LogP contribution in [0.3, 0.4) is 0 Å². The number of phenolic OH excluding ortho intramolecular Hbond substituents is 1. The van der Waals surface area contributed by atoms with Crippen LogP contribution in [0.5, 0.6) is 5.75 Å². The zero-order valence-electron chi connectivity index (χ0n) is 15.4. The highest BCUT2D eigenvalue weighted by molar-refractivity contribution is 5.97. The van der Waals surface area contributed by atoms with Crippen molar-refractivity contribution in [3.8, 4) is 17.5 Å². The van der Waals surface area contributed by atoms with Gasteiger partial charge in [-0.15, -0.1) is 0 Å². The molecule has 142 valence electrons. The maximum atomic E-state index is 14.0. The van der Waals surface area contributed by atoms with Gasteiger partial charge < -0.3 is 14.6 Å². The van der Waals surface area contributed by atoms with E-state index in [4.69, 9.17) is 5.26 Å². The number of carbonyl (C=O) groups excluding carboxylic acids is 1. The Morgan fingerprint density at radius 1 is 1.29 bits per heavy atom. The van der Waals surface area contributed by atoms with Gasteiger partial charge in [-0.2, -0.15) is 5.26 Å². The fourth-order valence-electron chi connectivity index (χ4n) is 3.47. The average Bonchev–Trinajstić information content (AvgIpc) is 3.10. The number of aromatic hydroxyl groups is 1. The van der Waals surface area contributed by atoms with Crippen LogP contribution in [-0.4, -0.2) is 44.2 Å². The van der Waals surface area contributed by atoms with Crippen LogP contribution < -0.4 is 0 Å². The second kappa shape index (κ2) is 6.64. The number of benzene rings is 1. The molecule has 7 heteroatoms. The minimum atomic E-state index is -1.21. The van der Waals surface area contributed by atoms with E-state index in [0.717, 1.165) is 5.39 Å². The molecule has 4 rings (SSSR count). The molecule has 1 aliphatic heterocycles. The topological polar surface area (TPSA) is 82.2 Å². The molecule has 1 N–H and O–H groups in total. The summed E-state index contributed by atoms with van der Waals surface area (Å²) in [6.07, 6.45) is 4.00. The van der Waals surface area contributed by atoms with Gasteiger partial charge in [0.15, 0.2) is 0 Å². The number of phenols is 1. The Labute approximate surface area is 161 Å².